The molecular weight excluding hydrogens is 830 g/mol. The second-order valence-electron chi connectivity index (χ2n) is 15.4. The third-order valence-electron chi connectivity index (χ3n) is 11.3. The summed E-state index contributed by atoms with van der Waals surface area (Å²) in [5.74, 6) is -1.37. The van der Waals surface area contributed by atoms with E-state index in [0.29, 0.717) is 53.9 Å². The molecule has 6 N–H and O–H groups in total. The Kier molecular flexibility index (Phi) is 11.5. The molecule has 324 valence electrons. The number of fused-ring (bicyclic) bond motifs is 3. The Bertz CT molecular complexity index is 2730. The summed E-state index contributed by atoms with van der Waals surface area (Å²) in [6, 6.07) is 14.6. The van der Waals surface area contributed by atoms with Crippen LogP contribution in [0.3, 0.4) is 0 Å². The van der Waals surface area contributed by atoms with Gasteiger partial charge in [0.25, 0.3) is 11.8 Å². The van der Waals surface area contributed by atoms with Crippen LogP contribution in [-0.2, 0) is 40.9 Å². The molecule has 3 aliphatic rings. The van der Waals surface area contributed by atoms with E-state index in [9.17, 15) is 24.0 Å². The normalized spacial score (nSPS) is 15.0. The summed E-state index contributed by atoms with van der Waals surface area (Å²) in [6.45, 7) is 3.08. The molecule has 3 aromatic carbocycles. The summed E-state index contributed by atoms with van der Waals surface area (Å²) < 4.78 is 19.5. The number of benzene rings is 3. The number of urea groups is 1. The molecule has 3 aliphatic heterocycles. The number of amides is 6. The van der Waals surface area contributed by atoms with Crippen LogP contribution in [0.15, 0.2) is 72.5 Å². The SMILES string of the molecule is Cn1nc(N2CCC(=O)NC2=O)c2ccc(NCCNCC(=O)NCCNc3ccc(-c4cc(F)c5c(c4)C(=O)N(C(C(=O)Nc4nccs4)c4ncn6c4CCC6)C5)cc3)cc21. The molecule has 1 saturated heterocycles. The summed E-state index contributed by atoms with van der Waals surface area (Å²) in [5, 5.41) is 25.2. The van der Waals surface area contributed by atoms with Crippen LogP contribution >= 0.6 is 11.3 Å². The fourth-order valence-corrected chi connectivity index (χ4v) is 8.76. The van der Waals surface area contributed by atoms with Crippen LogP contribution in [0.1, 0.15) is 46.2 Å². The molecule has 1 unspecified atom stereocenters. The molecule has 1 fully saturated rings. The molecule has 20 heteroatoms. The number of halogens is 1. The zero-order valence-electron chi connectivity index (χ0n) is 34.2. The molecule has 6 amide bonds. The van der Waals surface area contributed by atoms with Crippen molar-refractivity contribution in [2.75, 3.05) is 60.1 Å². The van der Waals surface area contributed by atoms with Crippen molar-refractivity contribution in [2.24, 2.45) is 7.05 Å². The van der Waals surface area contributed by atoms with Gasteiger partial charge in [-0.1, -0.05) is 12.1 Å². The minimum absolute atomic E-state index is 0.0722. The first-order valence-corrected chi connectivity index (χ1v) is 21.5. The lowest BCUT2D eigenvalue weighted by Crippen LogP contribution is -2.49. The number of aromatic nitrogens is 5. The standard InChI is InChI=1S/C43H44FN13O5S/c1-54-34-21-28(8-9-29(34)39(53-54)56-17-10-35(58)51-43(56)62)47-12-11-45-22-36(59)48-14-13-46-27-6-4-25(5-7-27)26-19-30-31(32(44)20-26)23-57(41(30)61)38(40(60)52-42-49-15-18-63-42)37-33-3-2-16-55(33)24-50-37/h4-9,15,18-21,24,38,45-47H,2-3,10-14,16-17,22-23H2,1H3,(H,48,59)(H,49,52,60)(H,51,58,62). The van der Waals surface area contributed by atoms with Crippen LogP contribution in [0, 0.1) is 5.82 Å². The van der Waals surface area contributed by atoms with Gasteiger partial charge in [0.2, 0.25) is 11.8 Å². The van der Waals surface area contributed by atoms with Gasteiger partial charge in [-0.05, 0) is 66.4 Å². The fraction of sp³-hybridized carbons (Fsp3) is 0.302. The van der Waals surface area contributed by atoms with Gasteiger partial charge in [0.1, 0.15) is 5.82 Å². The van der Waals surface area contributed by atoms with Crippen molar-refractivity contribution in [2.45, 2.75) is 38.4 Å². The summed E-state index contributed by atoms with van der Waals surface area (Å²) in [4.78, 5) is 75.8. The van der Waals surface area contributed by atoms with Crippen molar-refractivity contribution in [3.05, 3.63) is 101 Å². The Labute approximate surface area is 364 Å². The highest BCUT2D eigenvalue weighted by Crippen LogP contribution is 2.38. The van der Waals surface area contributed by atoms with Crippen molar-refractivity contribution in [1.29, 1.82) is 0 Å². The molecule has 3 aromatic heterocycles. The maximum absolute atomic E-state index is 15.8. The average molecular weight is 874 g/mol. The number of carbonyl (C=O) groups excluding carboxylic acids is 5. The third-order valence-corrected chi connectivity index (χ3v) is 12.0. The topological polar surface area (TPSA) is 213 Å². The number of hydrogen-bond donors (Lipinski definition) is 6. The van der Waals surface area contributed by atoms with Crippen molar-refractivity contribution in [3.63, 3.8) is 0 Å². The first-order valence-electron chi connectivity index (χ1n) is 20.6. The Morgan fingerprint density at radius 1 is 0.921 bits per heavy atom. The number of thiazole rings is 1. The van der Waals surface area contributed by atoms with E-state index in [1.807, 2.05) is 47.0 Å². The van der Waals surface area contributed by atoms with Crippen LogP contribution in [0.5, 0.6) is 0 Å². The van der Waals surface area contributed by atoms with Crippen LogP contribution in [0.25, 0.3) is 22.0 Å². The van der Waals surface area contributed by atoms with Gasteiger partial charge in [-0.2, -0.15) is 5.10 Å². The zero-order chi connectivity index (χ0) is 43.6. The van der Waals surface area contributed by atoms with Crippen LogP contribution in [0.2, 0.25) is 0 Å². The molecule has 6 aromatic rings. The van der Waals surface area contributed by atoms with Gasteiger partial charge in [0.15, 0.2) is 17.0 Å². The molecule has 0 radical (unpaired) electrons. The van der Waals surface area contributed by atoms with Gasteiger partial charge in [-0.15, -0.1) is 11.3 Å². The van der Waals surface area contributed by atoms with Crippen molar-refractivity contribution in [1.82, 2.24) is 45.2 Å². The molecule has 0 saturated carbocycles. The van der Waals surface area contributed by atoms with E-state index in [4.69, 9.17) is 0 Å². The molecule has 63 heavy (non-hydrogen) atoms. The summed E-state index contributed by atoms with van der Waals surface area (Å²) in [7, 11) is 1.80. The highest BCUT2D eigenvalue weighted by molar-refractivity contribution is 7.13. The number of nitrogens with one attached hydrogen (secondary N) is 6. The van der Waals surface area contributed by atoms with E-state index in [-0.39, 0.29) is 49.0 Å². The fourth-order valence-electron chi connectivity index (χ4n) is 8.23. The van der Waals surface area contributed by atoms with Crippen molar-refractivity contribution < 1.29 is 28.4 Å². The molecule has 18 nitrogen and oxygen atoms in total. The minimum atomic E-state index is -1.06. The minimum Gasteiger partial charge on any atom is -0.384 e. The van der Waals surface area contributed by atoms with Gasteiger partial charge >= 0.3 is 6.03 Å². The average Bonchev–Trinajstić information content (AvgIpc) is 4.13. The highest BCUT2D eigenvalue weighted by Gasteiger charge is 2.42. The van der Waals surface area contributed by atoms with Gasteiger partial charge in [0.05, 0.1) is 30.6 Å². The number of rotatable bonds is 16. The van der Waals surface area contributed by atoms with Gasteiger partial charge in [-0.25, -0.2) is 19.2 Å². The van der Waals surface area contributed by atoms with Gasteiger partial charge in [-0.3, -0.25) is 39.4 Å². The summed E-state index contributed by atoms with van der Waals surface area (Å²) in [6.07, 6.45) is 5.13. The third kappa shape index (κ3) is 8.54. The second-order valence-corrected chi connectivity index (χ2v) is 16.3. The largest absolute Gasteiger partial charge is 0.384 e. The summed E-state index contributed by atoms with van der Waals surface area (Å²) in [5.41, 5.74) is 5.57. The zero-order valence-corrected chi connectivity index (χ0v) is 35.1. The molecular formula is C43H44FN13O5S. The number of aryl methyl sites for hydroxylation is 2. The van der Waals surface area contributed by atoms with E-state index in [1.54, 1.807) is 35.7 Å². The summed E-state index contributed by atoms with van der Waals surface area (Å²) >= 11 is 1.27. The quantitative estimate of drug-likeness (QED) is 0.0766. The molecule has 0 spiro atoms. The maximum atomic E-state index is 15.8. The lowest BCUT2D eigenvalue weighted by Gasteiger charge is -2.26. The first-order chi connectivity index (χ1) is 30.6. The lowest BCUT2D eigenvalue weighted by molar-refractivity contribution is -0.121. The van der Waals surface area contributed by atoms with E-state index in [0.717, 1.165) is 47.4 Å². The highest BCUT2D eigenvalue weighted by atomic mass is 32.1. The van der Waals surface area contributed by atoms with E-state index < -0.39 is 29.7 Å². The van der Waals surface area contributed by atoms with Crippen LogP contribution in [0.4, 0.5) is 31.5 Å². The Morgan fingerprint density at radius 2 is 1.73 bits per heavy atom. The Balaban J connectivity index is 0.733. The maximum Gasteiger partial charge on any atom is 0.329 e. The molecule has 0 aliphatic carbocycles. The molecule has 6 heterocycles. The van der Waals surface area contributed by atoms with Gasteiger partial charge < -0.3 is 30.7 Å². The smallest absolute Gasteiger partial charge is 0.329 e. The lowest BCUT2D eigenvalue weighted by atomic mass is 9.99. The number of hydrogen-bond acceptors (Lipinski definition) is 12. The Hall–Kier alpha value is -7.19. The van der Waals surface area contributed by atoms with Crippen molar-refractivity contribution >= 4 is 74.2 Å². The van der Waals surface area contributed by atoms with E-state index >= 15 is 4.39 Å². The van der Waals surface area contributed by atoms with E-state index in [2.05, 4.69) is 47.0 Å². The molecule has 0 bridgehead atoms. The predicted octanol–water partition coefficient (Wildman–Crippen LogP) is 3.99. The Morgan fingerprint density at radius 3 is 2.54 bits per heavy atom. The number of nitrogens with zero attached hydrogens (tertiary/aromatic N) is 7. The monoisotopic (exact) mass is 873 g/mol. The van der Waals surface area contributed by atoms with Gasteiger partial charge in [0, 0.05) is 97.9 Å². The second kappa shape index (κ2) is 17.7. The molecule has 9 rings (SSSR count). The molecule has 1 atom stereocenters. The van der Waals surface area contributed by atoms with Crippen LogP contribution in [-0.4, -0.2) is 98.1 Å². The predicted molar refractivity (Wildman–Crippen MR) is 235 cm³/mol. The van der Waals surface area contributed by atoms with Crippen LogP contribution < -0.4 is 36.8 Å². The van der Waals surface area contributed by atoms with E-state index in [1.165, 1.54) is 27.2 Å². The number of imide groups is 1. The number of anilines is 4. The number of imidazole rings is 1. The first kappa shape index (κ1) is 41.2. The number of carbonyl (C=O) groups is 5. The van der Waals surface area contributed by atoms with Crippen molar-refractivity contribution in [3.8, 4) is 11.1 Å².